The van der Waals surface area contributed by atoms with Gasteiger partial charge >= 0.3 is 0 Å². The molecule has 2 rings (SSSR count). The van der Waals surface area contributed by atoms with Gasteiger partial charge in [0.05, 0.1) is 6.54 Å². The zero-order valence-electron chi connectivity index (χ0n) is 9.59. The van der Waals surface area contributed by atoms with E-state index in [1.54, 1.807) is 0 Å². The Hall–Kier alpha value is -1.81. The van der Waals surface area contributed by atoms with Crippen LogP contribution in [0.4, 0.5) is 5.69 Å². The van der Waals surface area contributed by atoms with Gasteiger partial charge in [-0.3, -0.25) is 0 Å². The van der Waals surface area contributed by atoms with E-state index in [9.17, 15) is 0 Å². The van der Waals surface area contributed by atoms with Gasteiger partial charge in [0.15, 0.2) is 0 Å². The largest absolute Gasteiger partial charge is 0.399 e. The Bertz CT molecular complexity index is 456. The summed E-state index contributed by atoms with van der Waals surface area (Å²) in [7, 11) is 4.06. The fourth-order valence-electron chi connectivity index (χ4n) is 1.60. The van der Waals surface area contributed by atoms with Crippen molar-refractivity contribution in [2.75, 3.05) is 19.8 Å². The molecule has 0 bridgehead atoms. The lowest BCUT2D eigenvalue weighted by atomic mass is 10.3. The van der Waals surface area contributed by atoms with Crippen LogP contribution in [0.15, 0.2) is 36.7 Å². The predicted octanol–water partition coefficient (Wildman–Crippen LogP) is 1.52. The molecule has 0 unspecified atom stereocenters. The molecule has 4 nitrogen and oxygen atoms in total. The summed E-state index contributed by atoms with van der Waals surface area (Å²) >= 11 is 0. The maximum absolute atomic E-state index is 5.67. The standard InChI is InChI=1S/C12H16N4/c1-15(2)9-12-14-7-8-16(12)11-5-3-10(13)4-6-11/h3-8H,9,13H2,1-2H3. The second kappa shape index (κ2) is 4.37. The average Bonchev–Trinajstić information content (AvgIpc) is 2.66. The second-order valence-corrected chi connectivity index (χ2v) is 4.04. The van der Waals surface area contributed by atoms with Crippen LogP contribution in [0, 0.1) is 0 Å². The molecule has 1 aromatic carbocycles. The van der Waals surface area contributed by atoms with E-state index in [4.69, 9.17) is 5.73 Å². The molecular formula is C12H16N4. The molecule has 0 atom stereocenters. The maximum Gasteiger partial charge on any atom is 0.127 e. The Morgan fingerprint density at radius 1 is 1.25 bits per heavy atom. The summed E-state index contributed by atoms with van der Waals surface area (Å²) in [5, 5.41) is 0. The summed E-state index contributed by atoms with van der Waals surface area (Å²) < 4.78 is 2.07. The smallest absolute Gasteiger partial charge is 0.127 e. The molecule has 4 heteroatoms. The lowest BCUT2D eigenvalue weighted by Gasteiger charge is -2.12. The zero-order valence-corrected chi connectivity index (χ0v) is 9.59. The first-order valence-corrected chi connectivity index (χ1v) is 5.19. The number of benzene rings is 1. The molecule has 0 aliphatic heterocycles. The maximum atomic E-state index is 5.67. The van der Waals surface area contributed by atoms with Crippen LogP contribution in [0.1, 0.15) is 5.82 Å². The van der Waals surface area contributed by atoms with Crippen molar-refractivity contribution in [2.45, 2.75) is 6.54 Å². The molecule has 0 amide bonds. The van der Waals surface area contributed by atoms with Crippen molar-refractivity contribution < 1.29 is 0 Å². The third kappa shape index (κ3) is 2.23. The van der Waals surface area contributed by atoms with E-state index in [2.05, 4.69) is 14.5 Å². The first kappa shape index (κ1) is 10.7. The van der Waals surface area contributed by atoms with Gasteiger partial charge in [-0.15, -0.1) is 0 Å². The molecule has 2 aromatic rings. The van der Waals surface area contributed by atoms with Gasteiger partial charge < -0.3 is 15.2 Å². The summed E-state index contributed by atoms with van der Waals surface area (Å²) in [6.45, 7) is 0.817. The van der Waals surface area contributed by atoms with Gasteiger partial charge in [-0.2, -0.15) is 0 Å². The molecule has 0 aliphatic carbocycles. The zero-order chi connectivity index (χ0) is 11.5. The molecule has 0 saturated heterocycles. The van der Waals surface area contributed by atoms with E-state index in [0.29, 0.717) is 0 Å². The molecule has 16 heavy (non-hydrogen) atoms. The Morgan fingerprint density at radius 2 is 1.94 bits per heavy atom. The predicted molar refractivity (Wildman–Crippen MR) is 65.4 cm³/mol. The monoisotopic (exact) mass is 216 g/mol. The molecule has 0 saturated carbocycles. The van der Waals surface area contributed by atoms with Gasteiger partial charge in [0.25, 0.3) is 0 Å². The summed E-state index contributed by atoms with van der Waals surface area (Å²) in [5.74, 6) is 1.02. The summed E-state index contributed by atoms with van der Waals surface area (Å²) in [6, 6.07) is 7.79. The molecule has 0 aliphatic rings. The van der Waals surface area contributed by atoms with Crippen LogP contribution >= 0.6 is 0 Å². The SMILES string of the molecule is CN(C)Cc1nccn1-c1ccc(N)cc1. The van der Waals surface area contributed by atoms with Crippen molar-refractivity contribution in [1.82, 2.24) is 14.5 Å². The number of rotatable bonds is 3. The first-order chi connectivity index (χ1) is 7.66. The Balaban J connectivity index is 2.33. The second-order valence-electron chi connectivity index (χ2n) is 4.04. The topological polar surface area (TPSA) is 47.1 Å². The summed E-state index contributed by atoms with van der Waals surface area (Å²) in [6.07, 6.45) is 3.78. The molecule has 0 spiro atoms. The van der Waals surface area contributed by atoms with Crippen molar-refractivity contribution in [2.24, 2.45) is 0 Å². The average molecular weight is 216 g/mol. The number of hydrogen-bond donors (Lipinski definition) is 1. The van der Waals surface area contributed by atoms with Crippen LogP contribution in [0.2, 0.25) is 0 Å². The van der Waals surface area contributed by atoms with E-state index in [1.807, 2.05) is 50.8 Å². The number of hydrogen-bond acceptors (Lipinski definition) is 3. The van der Waals surface area contributed by atoms with Crippen LogP contribution in [0.25, 0.3) is 5.69 Å². The lowest BCUT2D eigenvalue weighted by molar-refractivity contribution is 0.388. The van der Waals surface area contributed by atoms with Crippen molar-refractivity contribution in [3.05, 3.63) is 42.5 Å². The van der Waals surface area contributed by atoms with Crippen LogP contribution in [0.3, 0.4) is 0 Å². The van der Waals surface area contributed by atoms with Gasteiger partial charge in [0, 0.05) is 23.8 Å². The Kier molecular flexibility index (Phi) is 2.92. The van der Waals surface area contributed by atoms with Gasteiger partial charge in [0.1, 0.15) is 5.82 Å². The van der Waals surface area contributed by atoms with Crippen LogP contribution < -0.4 is 5.73 Å². The van der Waals surface area contributed by atoms with Gasteiger partial charge in [-0.25, -0.2) is 4.98 Å². The molecular weight excluding hydrogens is 200 g/mol. The number of nitrogens with two attached hydrogens (primary N) is 1. The quantitative estimate of drug-likeness (QED) is 0.791. The molecule has 0 radical (unpaired) electrons. The van der Waals surface area contributed by atoms with E-state index < -0.39 is 0 Å². The van der Waals surface area contributed by atoms with Gasteiger partial charge in [0.2, 0.25) is 0 Å². The minimum absolute atomic E-state index is 0.776. The van der Waals surface area contributed by atoms with Crippen LogP contribution in [0.5, 0.6) is 0 Å². The highest BCUT2D eigenvalue weighted by molar-refractivity contribution is 5.45. The normalized spacial score (nSPS) is 10.9. The molecule has 1 aromatic heterocycles. The number of anilines is 1. The van der Waals surface area contributed by atoms with E-state index in [1.165, 1.54) is 0 Å². The minimum Gasteiger partial charge on any atom is -0.399 e. The van der Waals surface area contributed by atoms with Gasteiger partial charge in [-0.1, -0.05) is 0 Å². The van der Waals surface area contributed by atoms with E-state index in [0.717, 1.165) is 23.7 Å². The third-order valence-corrected chi connectivity index (χ3v) is 2.35. The Labute approximate surface area is 95.3 Å². The summed E-state index contributed by atoms with van der Waals surface area (Å²) in [5.41, 5.74) is 7.53. The molecule has 1 heterocycles. The van der Waals surface area contributed by atoms with Crippen LogP contribution in [-0.2, 0) is 6.54 Å². The molecule has 0 fully saturated rings. The highest BCUT2D eigenvalue weighted by atomic mass is 15.1. The third-order valence-electron chi connectivity index (χ3n) is 2.35. The summed E-state index contributed by atoms with van der Waals surface area (Å²) in [4.78, 5) is 6.44. The van der Waals surface area contributed by atoms with Crippen LogP contribution in [-0.4, -0.2) is 28.5 Å². The number of aromatic nitrogens is 2. The number of nitrogens with zero attached hydrogens (tertiary/aromatic N) is 3. The Morgan fingerprint density at radius 3 is 2.56 bits per heavy atom. The van der Waals surface area contributed by atoms with Crippen molar-refractivity contribution >= 4 is 5.69 Å². The number of nitrogen functional groups attached to an aromatic ring is 1. The highest BCUT2D eigenvalue weighted by Crippen LogP contribution is 2.13. The van der Waals surface area contributed by atoms with Crippen molar-refractivity contribution in [3.63, 3.8) is 0 Å². The lowest BCUT2D eigenvalue weighted by Crippen LogP contribution is -2.14. The number of imidazole rings is 1. The van der Waals surface area contributed by atoms with E-state index in [-0.39, 0.29) is 0 Å². The fourth-order valence-corrected chi connectivity index (χ4v) is 1.60. The first-order valence-electron chi connectivity index (χ1n) is 5.19. The van der Waals surface area contributed by atoms with Crippen molar-refractivity contribution in [1.29, 1.82) is 0 Å². The molecule has 2 N–H and O–H groups in total. The fraction of sp³-hybridized carbons (Fsp3) is 0.250. The van der Waals surface area contributed by atoms with Crippen molar-refractivity contribution in [3.8, 4) is 5.69 Å². The van der Waals surface area contributed by atoms with E-state index >= 15 is 0 Å². The van der Waals surface area contributed by atoms with Gasteiger partial charge in [-0.05, 0) is 38.4 Å². The highest BCUT2D eigenvalue weighted by Gasteiger charge is 2.05. The molecule has 84 valence electrons. The minimum atomic E-state index is 0.776.